The second-order valence-electron chi connectivity index (χ2n) is 6.85. The highest BCUT2D eigenvalue weighted by molar-refractivity contribution is 14.0. The molecule has 6 nitrogen and oxygen atoms in total. The van der Waals surface area contributed by atoms with Gasteiger partial charge in [-0.25, -0.2) is 0 Å². The summed E-state index contributed by atoms with van der Waals surface area (Å²) in [5.41, 5.74) is 10.6. The molecule has 0 amide bonds. The van der Waals surface area contributed by atoms with Crippen LogP contribution in [0.25, 0.3) is 0 Å². The van der Waals surface area contributed by atoms with Crippen molar-refractivity contribution in [3.63, 3.8) is 0 Å². The Morgan fingerprint density at radius 3 is 2.71 bits per heavy atom. The maximum Gasteiger partial charge on any atom is 0.193 e. The zero-order valence-corrected chi connectivity index (χ0v) is 18.5. The predicted octanol–water partition coefficient (Wildman–Crippen LogP) is 2.60. The Kier molecular flexibility index (Phi) is 9.17. The first-order valence-corrected chi connectivity index (χ1v) is 9.26. The maximum absolute atomic E-state index is 10.4. The van der Waals surface area contributed by atoms with Gasteiger partial charge < -0.3 is 20.9 Å². The standard InChI is InChI=1S/C21H28N4O2.HI/c1-27-15-18-8-4-5-9-20(18)24-21(22)23-12-19(26)14-25-11-10-16-6-2-3-7-17(16)13-25;/h2-9,19,26H,10-15H2,1H3,(H3,22,23,24);1H. The molecule has 0 radical (unpaired) electrons. The molecule has 0 spiro atoms. The largest absolute Gasteiger partial charge is 0.390 e. The summed E-state index contributed by atoms with van der Waals surface area (Å²) in [7, 11) is 1.66. The minimum atomic E-state index is -0.551. The number of fused-ring (bicyclic) bond motifs is 1. The summed E-state index contributed by atoms with van der Waals surface area (Å²) in [5, 5.41) is 13.4. The summed E-state index contributed by atoms with van der Waals surface area (Å²) >= 11 is 0. The van der Waals surface area contributed by atoms with Crippen molar-refractivity contribution in [1.82, 2.24) is 4.90 Å². The molecule has 0 saturated heterocycles. The molecular formula is C21H29IN4O2. The number of aliphatic imine (C=N–C) groups is 1. The first-order chi connectivity index (χ1) is 13.2. The Bertz CT molecular complexity index is 785. The molecule has 28 heavy (non-hydrogen) atoms. The van der Waals surface area contributed by atoms with Crippen molar-refractivity contribution in [3.05, 3.63) is 65.2 Å². The molecule has 1 unspecified atom stereocenters. The number of nitrogens with one attached hydrogen (secondary N) is 1. The SMILES string of the molecule is COCc1ccccc1NC(N)=NCC(O)CN1CCc2ccccc2C1.I. The van der Waals surface area contributed by atoms with Crippen LogP contribution in [0.5, 0.6) is 0 Å². The number of anilines is 1. The Hall–Kier alpha value is -1.68. The minimum Gasteiger partial charge on any atom is -0.390 e. The molecule has 4 N–H and O–H groups in total. The Labute approximate surface area is 183 Å². The minimum absolute atomic E-state index is 0. The van der Waals surface area contributed by atoms with Crippen molar-refractivity contribution in [3.8, 4) is 0 Å². The highest BCUT2D eigenvalue weighted by Gasteiger charge is 2.18. The van der Waals surface area contributed by atoms with Crippen LogP contribution >= 0.6 is 24.0 Å². The van der Waals surface area contributed by atoms with Gasteiger partial charge in [0.05, 0.1) is 19.3 Å². The molecule has 2 aromatic rings. The highest BCUT2D eigenvalue weighted by atomic mass is 127. The van der Waals surface area contributed by atoms with Gasteiger partial charge >= 0.3 is 0 Å². The number of guanidine groups is 1. The van der Waals surface area contributed by atoms with Gasteiger partial charge in [0.1, 0.15) is 0 Å². The van der Waals surface area contributed by atoms with E-state index in [1.54, 1.807) is 7.11 Å². The van der Waals surface area contributed by atoms with Crippen LogP contribution in [0.1, 0.15) is 16.7 Å². The summed E-state index contributed by atoms with van der Waals surface area (Å²) in [6, 6.07) is 16.3. The average Bonchev–Trinajstić information content (AvgIpc) is 2.68. The summed E-state index contributed by atoms with van der Waals surface area (Å²) in [5.74, 6) is 0.293. The lowest BCUT2D eigenvalue weighted by molar-refractivity contribution is 0.112. The quantitative estimate of drug-likeness (QED) is 0.312. The number of hydrogen-bond donors (Lipinski definition) is 3. The number of nitrogens with zero attached hydrogens (tertiary/aromatic N) is 2. The van der Waals surface area contributed by atoms with Crippen molar-refractivity contribution >= 4 is 35.6 Å². The van der Waals surface area contributed by atoms with Gasteiger partial charge in [-0.2, -0.15) is 0 Å². The number of para-hydroxylation sites is 1. The van der Waals surface area contributed by atoms with Crippen LogP contribution in [0.15, 0.2) is 53.5 Å². The van der Waals surface area contributed by atoms with Crippen LogP contribution in [0.3, 0.4) is 0 Å². The lowest BCUT2D eigenvalue weighted by atomic mass is 10.00. The molecule has 0 aliphatic carbocycles. The maximum atomic E-state index is 10.4. The molecule has 1 aliphatic rings. The van der Waals surface area contributed by atoms with E-state index in [4.69, 9.17) is 10.5 Å². The van der Waals surface area contributed by atoms with E-state index >= 15 is 0 Å². The van der Waals surface area contributed by atoms with E-state index < -0.39 is 6.10 Å². The van der Waals surface area contributed by atoms with Crippen molar-refractivity contribution in [1.29, 1.82) is 0 Å². The number of rotatable bonds is 7. The van der Waals surface area contributed by atoms with Gasteiger partial charge in [0.25, 0.3) is 0 Å². The first kappa shape index (κ1) is 22.6. The molecule has 1 heterocycles. The fourth-order valence-electron chi connectivity index (χ4n) is 3.37. The molecule has 1 aliphatic heterocycles. The number of methoxy groups -OCH3 is 1. The van der Waals surface area contributed by atoms with Crippen molar-refractivity contribution < 1.29 is 9.84 Å². The number of ether oxygens (including phenoxy) is 1. The highest BCUT2D eigenvalue weighted by Crippen LogP contribution is 2.18. The summed E-state index contributed by atoms with van der Waals surface area (Å²) < 4.78 is 5.19. The number of nitrogens with two attached hydrogens (primary N) is 1. The number of benzene rings is 2. The number of aliphatic hydroxyl groups excluding tert-OH is 1. The van der Waals surface area contributed by atoms with Gasteiger partial charge in [-0.15, -0.1) is 24.0 Å². The Morgan fingerprint density at radius 2 is 1.93 bits per heavy atom. The van der Waals surface area contributed by atoms with E-state index in [9.17, 15) is 5.11 Å². The third kappa shape index (κ3) is 6.44. The van der Waals surface area contributed by atoms with Gasteiger partial charge in [0.2, 0.25) is 0 Å². The average molecular weight is 496 g/mol. The lowest BCUT2D eigenvalue weighted by Crippen LogP contribution is -2.38. The molecule has 7 heteroatoms. The van der Waals surface area contributed by atoms with Gasteiger partial charge in [0, 0.05) is 38.0 Å². The van der Waals surface area contributed by atoms with Gasteiger partial charge in [0.15, 0.2) is 5.96 Å². The van der Waals surface area contributed by atoms with E-state index in [0.717, 1.165) is 30.8 Å². The first-order valence-electron chi connectivity index (χ1n) is 9.26. The van der Waals surface area contributed by atoms with Gasteiger partial charge in [-0.3, -0.25) is 9.89 Å². The van der Waals surface area contributed by atoms with Gasteiger partial charge in [-0.1, -0.05) is 42.5 Å². The van der Waals surface area contributed by atoms with E-state index in [2.05, 4.69) is 39.5 Å². The molecule has 0 aromatic heterocycles. The third-order valence-corrected chi connectivity index (χ3v) is 4.73. The number of hydrogen-bond acceptors (Lipinski definition) is 4. The van der Waals surface area contributed by atoms with Crippen LogP contribution < -0.4 is 11.1 Å². The summed E-state index contributed by atoms with van der Waals surface area (Å²) in [6.45, 7) is 3.18. The Morgan fingerprint density at radius 1 is 1.21 bits per heavy atom. The van der Waals surface area contributed by atoms with Crippen molar-refractivity contribution in [2.75, 3.05) is 32.1 Å². The molecule has 2 aromatic carbocycles. The Balaban J connectivity index is 0.00000280. The second-order valence-corrected chi connectivity index (χ2v) is 6.85. The smallest absolute Gasteiger partial charge is 0.193 e. The van der Waals surface area contributed by atoms with Crippen LogP contribution in [0, 0.1) is 0 Å². The van der Waals surface area contributed by atoms with E-state index in [-0.39, 0.29) is 30.5 Å². The second kappa shape index (κ2) is 11.4. The topological polar surface area (TPSA) is 83.1 Å². The normalized spacial score (nSPS) is 15.4. The van der Waals surface area contributed by atoms with Crippen molar-refractivity contribution in [2.45, 2.75) is 25.7 Å². The molecule has 3 rings (SSSR count). The summed E-state index contributed by atoms with van der Waals surface area (Å²) in [4.78, 5) is 6.56. The molecule has 152 valence electrons. The van der Waals surface area contributed by atoms with Crippen molar-refractivity contribution in [2.24, 2.45) is 10.7 Å². The lowest BCUT2D eigenvalue weighted by Gasteiger charge is -2.30. The predicted molar refractivity (Wildman–Crippen MR) is 124 cm³/mol. The van der Waals surface area contributed by atoms with Crippen LogP contribution in [0.4, 0.5) is 5.69 Å². The van der Waals surface area contributed by atoms with E-state index in [0.29, 0.717) is 19.1 Å². The molecule has 0 bridgehead atoms. The fourth-order valence-corrected chi connectivity index (χ4v) is 3.37. The summed E-state index contributed by atoms with van der Waals surface area (Å²) in [6.07, 6.45) is 0.469. The fraction of sp³-hybridized carbons (Fsp3) is 0.381. The molecule has 1 atom stereocenters. The van der Waals surface area contributed by atoms with Crippen LogP contribution in [-0.2, 0) is 24.3 Å². The van der Waals surface area contributed by atoms with Crippen LogP contribution in [-0.4, -0.2) is 48.8 Å². The molecule has 0 saturated carbocycles. The van der Waals surface area contributed by atoms with E-state index in [1.165, 1.54) is 11.1 Å². The monoisotopic (exact) mass is 496 g/mol. The number of β-amino-alcohol motifs (C(OH)–C–C–N with tert-alkyl or cyclic N) is 1. The molecule has 0 fully saturated rings. The zero-order chi connectivity index (χ0) is 19.1. The third-order valence-electron chi connectivity index (χ3n) is 4.73. The molecular weight excluding hydrogens is 467 g/mol. The zero-order valence-electron chi connectivity index (χ0n) is 16.2. The van der Waals surface area contributed by atoms with Gasteiger partial charge in [-0.05, 0) is 23.6 Å². The number of halogens is 1. The van der Waals surface area contributed by atoms with E-state index in [1.807, 2.05) is 24.3 Å². The number of aliphatic hydroxyl groups is 1. The van der Waals surface area contributed by atoms with Crippen LogP contribution in [0.2, 0.25) is 0 Å².